The first-order chi connectivity index (χ1) is 11.5. The number of carbonyl (C=O) groups excluding carboxylic acids is 1. The maximum atomic E-state index is 12.5. The number of rotatable bonds is 5. The van der Waals surface area contributed by atoms with Crippen LogP contribution in [0.25, 0.3) is 0 Å². The zero-order chi connectivity index (χ0) is 17.1. The summed E-state index contributed by atoms with van der Waals surface area (Å²) in [5, 5.41) is 10.0. The van der Waals surface area contributed by atoms with Crippen LogP contribution in [0.3, 0.4) is 0 Å². The third kappa shape index (κ3) is 3.62. The smallest absolute Gasteiger partial charge is 0.288 e. The number of alkyl halides is 2. The SMILES string of the molecule is Cc1cccc(Cn2cnc(NC(=O)c3ccn(C(F)F)n3)n2)c1. The van der Waals surface area contributed by atoms with Crippen LogP contribution >= 0.6 is 0 Å². The summed E-state index contributed by atoms with van der Waals surface area (Å²) in [4.78, 5) is 15.9. The minimum atomic E-state index is -2.79. The summed E-state index contributed by atoms with van der Waals surface area (Å²) >= 11 is 0. The molecule has 1 N–H and O–H groups in total. The predicted octanol–water partition coefficient (Wildman–Crippen LogP) is 2.48. The lowest BCUT2D eigenvalue weighted by Gasteiger charge is -2.02. The van der Waals surface area contributed by atoms with Crippen molar-refractivity contribution in [3.8, 4) is 0 Å². The molecule has 0 saturated carbocycles. The molecular formula is C15H14F2N6O. The lowest BCUT2D eigenvalue weighted by atomic mass is 10.1. The molecule has 9 heteroatoms. The molecule has 2 aromatic heterocycles. The molecule has 0 saturated heterocycles. The van der Waals surface area contributed by atoms with Crippen LogP contribution in [0.4, 0.5) is 14.7 Å². The summed E-state index contributed by atoms with van der Waals surface area (Å²) < 4.78 is 26.9. The standard InChI is InChI=1S/C15H14F2N6O/c1-10-3-2-4-11(7-10)8-22-9-18-15(21-22)19-13(24)12-5-6-23(20-12)14(16)17/h2-7,9,14H,8H2,1H3,(H,19,21,24). The Bertz CT molecular complexity index is 857. The fraction of sp³-hybridized carbons (Fsp3) is 0.200. The molecular weight excluding hydrogens is 318 g/mol. The van der Waals surface area contributed by atoms with Gasteiger partial charge in [-0.2, -0.15) is 13.9 Å². The summed E-state index contributed by atoms with van der Waals surface area (Å²) in [7, 11) is 0. The average Bonchev–Trinajstić information content (AvgIpc) is 3.17. The number of halogens is 2. The van der Waals surface area contributed by atoms with Crippen molar-refractivity contribution in [3.05, 3.63) is 59.7 Å². The van der Waals surface area contributed by atoms with E-state index < -0.39 is 12.5 Å². The van der Waals surface area contributed by atoms with Crippen LogP contribution in [-0.4, -0.2) is 30.5 Å². The molecule has 1 amide bonds. The predicted molar refractivity (Wildman–Crippen MR) is 81.7 cm³/mol. The molecule has 0 aliphatic carbocycles. The Kier molecular flexibility index (Phi) is 4.32. The highest BCUT2D eigenvalue weighted by Crippen LogP contribution is 2.10. The van der Waals surface area contributed by atoms with Crippen molar-refractivity contribution in [2.24, 2.45) is 0 Å². The third-order valence-corrected chi connectivity index (χ3v) is 3.23. The second-order valence-electron chi connectivity index (χ2n) is 5.17. The van der Waals surface area contributed by atoms with Crippen molar-refractivity contribution in [2.45, 2.75) is 20.0 Å². The van der Waals surface area contributed by atoms with Crippen LogP contribution < -0.4 is 5.32 Å². The summed E-state index contributed by atoms with van der Waals surface area (Å²) in [6.45, 7) is -0.294. The second-order valence-corrected chi connectivity index (χ2v) is 5.17. The van der Waals surface area contributed by atoms with E-state index in [-0.39, 0.29) is 11.6 Å². The molecule has 3 rings (SSSR count). The van der Waals surface area contributed by atoms with Gasteiger partial charge in [-0.1, -0.05) is 29.8 Å². The Morgan fingerprint density at radius 2 is 2.12 bits per heavy atom. The van der Waals surface area contributed by atoms with Crippen LogP contribution in [0.2, 0.25) is 0 Å². The first kappa shape index (κ1) is 15.8. The number of aryl methyl sites for hydroxylation is 1. The van der Waals surface area contributed by atoms with Crippen LogP contribution in [0, 0.1) is 6.92 Å². The van der Waals surface area contributed by atoms with E-state index in [1.54, 1.807) is 4.68 Å². The molecule has 2 heterocycles. The highest BCUT2D eigenvalue weighted by molar-refractivity contribution is 6.01. The fourth-order valence-corrected chi connectivity index (χ4v) is 2.16. The largest absolute Gasteiger partial charge is 0.333 e. The van der Waals surface area contributed by atoms with Gasteiger partial charge in [0.1, 0.15) is 6.33 Å². The topological polar surface area (TPSA) is 77.6 Å². The van der Waals surface area contributed by atoms with E-state index in [2.05, 4.69) is 20.5 Å². The summed E-state index contributed by atoms with van der Waals surface area (Å²) in [5.41, 5.74) is 2.05. The maximum absolute atomic E-state index is 12.5. The van der Waals surface area contributed by atoms with Crippen molar-refractivity contribution < 1.29 is 13.6 Å². The summed E-state index contributed by atoms with van der Waals surface area (Å²) in [5.74, 6) is -0.568. The van der Waals surface area contributed by atoms with Gasteiger partial charge >= 0.3 is 6.55 Å². The molecule has 0 fully saturated rings. The highest BCUT2D eigenvalue weighted by atomic mass is 19.3. The summed E-state index contributed by atoms with van der Waals surface area (Å²) in [6, 6.07) is 9.13. The number of benzene rings is 1. The van der Waals surface area contributed by atoms with Crippen molar-refractivity contribution in [3.63, 3.8) is 0 Å². The van der Waals surface area contributed by atoms with E-state index >= 15 is 0 Å². The van der Waals surface area contributed by atoms with E-state index in [0.29, 0.717) is 11.2 Å². The Balaban J connectivity index is 1.66. The van der Waals surface area contributed by atoms with E-state index in [0.717, 1.165) is 17.3 Å². The minimum absolute atomic E-state index is 0.0826. The molecule has 0 atom stereocenters. The van der Waals surface area contributed by atoms with E-state index in [1.807, 2.05) is 31.2 Å². The monoisotopic (exact) mass is 332 g/mol. The van der Waals surface area contributed by atoms with E-state index in [9.17, 15) is 13.6 Å². The van der Waals surface area contributed by atoms with Gasteiger partial charge in [0.05, 0.1) is 6.54 Å². The Labute approximate surface area is 135 Å². The highest BCUT2D eigenvalue weighted by Gasteiger charge is 2.15. The van der Waals surface area contributed by atoms with Gasteiger partial charge in [-0.25, -0.2) is 14.3 Å². The number of anilines is 1. The van der Waals surface area contributed by atoms with Gasteiger partial charge in [-0.3, -0.25) is 10.1 Å². The number of hydrogen-bond acceptors (Lipinski definition) is 4. The lowest BCUT2D eigenvalue weighted by Crippen LogP contribution is -2.15. The average molecular weight is 332 g/mol. The number of hydrogen-bond donors (Lipinski definition) is 1. The quantitative estimate of drug-likeness (QED) is 0.779. The molecule has 0 bridgehead atoms. The van der Waals surface area contributed by atoms with Gasteiger partial charge < -0.3 is 0 Å². The molecule has 0 aliphatic heterocycles. The molecule has 7 nitrogen and oxygen atoms in total. The van der Waals surface area contributed by atoms with E-state index in [4.69, 9.17) is 0 Å². The third-order valence-electron chi connectivity index (χ3n) is 3.23. The molecule has 24 heavy (non-hydrogen) atoms. The Hall–Kier alpha value is -3.10. The van der Waals surface area contributed by atoms with Crippen LogP contribution in [0.15, 0.2) is 42.9 Å². The fourth-order valence-electron chi connectivity index (χ4n) is 2.16. The van der Waals surface area contributed by atoms with Crippen molar-refractivity contribution in [2.75, 3.05) is 5.32 Å². The van der Waals surface area contributed by atoms with Gasteiger partial charge in [0, 0.05) is 6.20 Å². The second kappa shape index (κ2) is 6.57. The minimum Gasteiger partial charge on any atom is -0.288 e. The maximum Gasteiger partial charge on any atom is 0.333 e. The van der Waals surface area contributed by atoms with Gasteiger partial charge in [-0.05, 0) is 18.6 Å². The molecule has 1 aromatic carbocycles. The Morgan fingerprint density at radius 3 is 2.83 bits per heavy atom. The van der Waals surface area contributed by atoms with Crippen LogP contribution in [-0.2, 0) is 6.54 Å². The number of nitrogens with zero attached hydrogens (tertiary/aromatic N) is 5. The number of carbonyl (C=O) groups is 1. The summed E-state index contributed by atoms with van der Waals surface area (Å²) in [6.07, 6.45) is 2.51. The molecule has 0 spiro atoms. The zero-order valence-electron chi connectivity index (χ0n) is 12.7. The molecule has 0 unspecified atom stereocenters. The first-order valence-electron chi connectivity index (χ1n) is 7.11. The van der Waals surface area contributed by atoms with Crippen molar-refractivity contribution in [1.82, 2.24) is 24.5 Å². The molecule has 0 radical (unpaired) electrons. The lowest BCUT2D eigenvalue weighted by molar-refractivity contribution is 0.0561. The number of aromatic nitrogens is 5. The normalized spacial score (nSPS) is 11.0. The van der Waals surface area contributed by atoms with Crippen LogP contribution in [0.5, 0.6) is 0 Å². The molecule has 0 aliphatic rings. The van der Waals surface area contributed by atoms with Crippen molar-refractivity contribution >= 4 is 11.9 Å². The zero-order valence-corrected chi connectivity index (χ0v) is 12.7. The van der Waals surface area contributed by atoms with Crippen LogP contribution in [0.1, 0.15) is 28.2 Å². The first-order valence-corrected chi connectivity index (χ1v) is 7.11. The van der Waals surface area contributed by atoms with Gasteiger partial charge in [-0.15, -0.1) is 5.10 Å². The number of amides is 1. The molecule has 124 valence electrons. The van der Waals surface area contributed by atoms with Crippen molar-refractivity contribution in [1.29, 1.82) is 0 Å². The van der Waals surface area contributed by atoms with Gasteiger partial charge in [0.25, 0.3) is 5.91 Å². The van der Waals surface area contributed by atoms with Gasteiger partial charge in [0.15, 0.2) is 5.69 Å². The van der Waals surface area contributed by atoms with E-state index in [1.165, 1.54) is 12.4 Å². The van der Waals surface area contributed by atoms with Gasteiger partial charge in [0.2, 0.25) is 5.95 Å². The molecule has 3 aromatic rings. The number of nitrogens with one attached hydrogen (secondary N) is 1. The Morgan fingerprint density at radius 1 is 1.29 bits per heavy atom.